The molecule has 1 aliphatic rings. The molecule has 1 saturated heterocycles. The fourth-order valence-electron chi connectivity index (χ4n) is 2.96. The van der Waals surface area contributed by atoms with Crippen molar-refractivity contribution in [2.75, 3.05) is 43.7 Å². The van der Waals surface area contributed by atoms with Crippen molar-refractivity contribution < 1.29 is 26.0 Å². The molecule has 2 aromatic rings. The predicted molar refractivity (Wildman–Crippen MR) is 105 cm³/mol. The largest absolute Gasteiger partial charge is 0.434 e. The first-order chi connectivity index (χ1) is 13.9. The fraction of sp³-hybridized carbons (Fsp3) is 0.562. The van der Waals surface area contributed by atoms with Crippen molar-refractivity contribution in [3.05, 3.63) is 17.7 Å². The van der Waals surface area contributed by atoms with Crippen molar-refractivity contribution in [1.29, 1.82) is 0 Å². The van der Waals surface area contributed by atoms with Crippen LogP contribution in [0.2, 0.25) is 0 Å². The number of rotatable bonds is 5. The Morgan fingerprint density at radius 2 is 1.87 bits per heavy atom. The number of nitrogens with zero attached hydrogens (tertiary/aromatic N) is 5. The molecule has 0 amide bonds. The van der Waals surface area contributed by atoms with E-state index in [1.807, 2.05) is 0 Å². The van der Waals surface area contributed by atoms with E-state index in [0.29, 0.717) is 37.3 Å². The third-order valence-corrected chi connectivity index (χ3v) is 7.02. The van der Waals surface area contributed by atoms with Crippen LogP contribution in [0.1, 0.15) is 18.5 Å². The van der Waals surface area contributed by atoms with Crippen LogP contribution in [0.3, 0.4) is 0 Å². The topological polar surface area (TPSA) is 91.3 Å². The summed E-state index contributed by atoms with van der Waals surface area (Å²) in [6.07, 6.45) is -1.91. The number of thiazole rings is 1. The van der Waals surface area contributed by atoms with Crippen LogP contribution in [0.5, 0.6) is 0 Å². The van der Waals surface area contributed by atoms with Crippen LogP contribution in [-0.4, -0.2) is 67.2 Å². The first-order valence-corrected chi connectivity index (χ1v) is 11.5. The monoisotopic (exact) mass is 468 g/mol. The van der Waals surface area contributed by atoms with Crippen molar-refractivity contribution >= 4 is 32.4 Å². The van der Waals surface area contributed by atoms with Crippen LogP contribution in [0.15, 0.2) is 6.20 Å². The SMILES string of the molecule is CN(C)c1nc(C(F)(F)F)c(-c2nc(NC3CCN(S(C)(=O)=O)CC3)ncc2F)s1. The van der Waals surface area contributed by atoms with Gasteiger partial charge in [0.05, 0.1) is 17.3 Å². The van der Waals surface area contributed by atoms with Crippen molar-refractivity contribution in [3.8, 4) is 10.6 Å². The molecule has 30 heavy (non-hydrogen) atoms. The van der Waals surface area contributed by atoms with E-state index in [2.05, 4.69) is 20.3 Å². The Morgan fingerprint density at radius 3 is 2.40 bits per heavy atom. The van der Waals surface area contributed by atoms with Crippen molar-refractivity contribution in [2.45, 2.75) is 25.1 Å². The highest BCUT2D eigenvalue weighted by atomic mass is 32.2. The number of halogens is 4. The molecule has 0 aliphatic carbocycles. The van der Waals surface area contributed by atoms with Crippen LogP contribution in [-0.2, 0) is 16.2 Å². The molecular formula is C16H20F4N6O2S2. The molecule has 0 atom stereocenters. The Balaban J connectivity index is 1.87. The van der Waals surface area contributed by atoms with Gasteiger partial charge in [0.25, 0.3) is 0 Å². The number of piperidine rings is 1. The van der Waals surface area contributed by atoms with Crippen LogP contribution >= 0.6 is 11.3 Å². The second-order valence-corrected chi connectivity index (χ2v) is 10.00. The van der Waals surface area contributed by atoms with E-state index in [0.717, 1.165) is 12.5 Å². The zero-order chi connectivity index (χ0) is 22.3. The first kappa shape index (κ1) is 22.6. The van der Waals surface area contributed by atoms with Gasteiger partial charge in [-0.05, 0) is 12.8 Å². The highest BCUT2D eigenvalue weighted by Crippen LogP contribution is 2.42. The molecule has 2 aromatic heterocycles. The van der Waals surface area contributed by atoms with Gasteiger partial charge in [0.1, 0.15) is 5.69 Å². The summed E-state index contributed by atoms with van der Waals surface area (Å²) in [6, 6.07) is -0.192. The minimum absolute atomic E-state index is 0.0304. The summed E-state index contributed by atoms with van der Waals surface area (Å²) >= 11 is 0.683. The summed E-state index contributed by atoms with van der Waals surface area (Å²) in [4.78, 5) is 12.4. The first-order valence-electron chi connectivity index (χ1n) is 8.86. The molecular weight excluding hydrogens is 448 g/mol. The lowest BCUT2D eigenvalue weighted by Crippen LogP contribution is -2.42. The van der Waals surface area contributed by atoms with Gasteiger partial charge in [-0.15, -0.1) is 0 Å². The van der Waals surface area contributed by atoms with Gasteiger partial charge in [0.15, 0.2) is 16.6 Å². The molecule has 14 heteroatoms. The van der Waals surface area contributed by atoms with Gasteiger partial charge in [0.2, 0.25) is 16.0 Å². The second kappa shape index (κ2) is 8.23. The van der Waals surface area contributed by atoms with Crippen molar-refractivity contribution in [3.63, 3.8) is 0 Å². The Bertz CT molecular complexity index is 1020. The summed E-state index contributed by atoms with van der Waals surface area (Å²) < 4.78 is 79.2. The number of nitrogens with one attached hydrogen (secondary N) is 1. The molecule has 0 aromatic carbocycles. The smallest absolute Gasteiger partial charge is 0.354 e. The van der Waals surface area contributed by atoms with E-state index in [4.69, 9.17) is 0 Å². The Kier molecular flexibility index (Phi) is 6.20. The zero-order valence-corrected chi connectivity index (χ0v) is 18.0. The maximum absolute atomic E-state index is 14.4. The summed E-state index contributed by atoms with van der Waals surface area (Å²) in [6.45, 7) is 0.591. The number of hydrogen-bond acceptors (Lipinski definition) is 8. The molecule has 3 rings (SSSR count). The highest BCUT2D eigenvalue weighted by Gasteiger charge is 2.39. The van der Waals surface area contributed by atoms with Crippen LogP contribution in [0.4, 0.5) is 28.6 Å². The molecule has 1 aliphatic heterocycles. The number of anilines is 2. The normalized spacial score (nSPS) is 16.6. The molecule has 0 unspecified atom stereocenters. The molecule has 0 radical (unpaired) electrons. The zero-order valence-electron chi connectivity index (χ0n) is 16.4. The van der Waals surface area contributed by atoms with Gasteiger partial charge >= 0.3 is 6.18 Å². The number of alkyl halides is 3. The average Bonchev–Trinajstić information content (AvgIpc) is 3.09. The average molecular weight is 469 g/mol. The summed E-state index contributed by atoms with van der Waals surface area (Å²) in [5, 5.41) is 3.03. The minimum atomic E-state index is -4.77. The third kappa shape index (κ3) is 4.98. The number of aromatic nitrogens is 3. The summed E-state index contributed by atoms with van der Waals surface area (Å²) in [5.74, 6) is -1.02. The predicted octanol–water partition coefficient (Wildman–Crippen LogP) is 2.66. The van der Waals surface area contributed by atoms with E-state index < -0.39 is 38.3 Å². The van der Waals surface area contributed by atoms with Crippen molar-refractivity contribution in [2.24, 2.45) is 0 Å². The molecule has 166 valence electrons. The summed E-state index contributed by atoms with van der Waals surface area (Å²) in [5.41, 5.74) is -1.69. The lowest BCUT2D eigenvalue weighted by Gasteiger charge is -2.30. The lowest BCUT2D eigenvalue weighted by molar-refractivity contribution is -0.140. The van der Waals surface area contributed by atoms with Crippen LogP contribution in [0, 0.1) is 5.82 Å². The molecule has 0 bridgehead atoms. The molecule has 3 heterocycles. The maximum Gasteiger partial charge on any atom is 0.434 e. The van der Waals surface area contributed by atoms with E-state index >= 15 is 0 Å². The van der Waals surface area contributed by atoms with Crippen molar-refractivity contribution in [1.82, 2.24) is 19.3 Å². The van der Waals surface area contributed by atoms with E-state index in [1.165, 1.54) is 23.3 Å². The Labute approximate surface area is 175 Å². The van der Waals surface area contributed by atoms with Gasteiger partial charge in [-0.25, -0.2) is 32.1 Å². The number of sulfonamides is 1. The Morgan fingerprint density at radius 1 is 1.23 bits per heavy atom. The summed E-state index contributed by atoms with van der Waals surface area (Å²) in [7, 11) is -0.212. The molecule has 1 N–H and O–H groups in total. The molecule has 1 fully saturated rings. The van der Waals surface area contributed by atoms with Gasteiger partial charge in [-0.2, -0.15) is 13.2 Å². The highest BCUT2D eigenvalue weighted by molar-refractivity contribution is 7.88. The fourth-order valence-corrected chi connectivity index (χ4v) is 4.84. The number of hydrogen-bond donors (Lipinski definition) is 1. The third-order valence-electron chi connectivity index (χ3n) is 4.48. The van der Waals surface area contributed by atoms with Gasteiger partial charge < -0.3 is 10.2 Å². The van der Waals surface area contributed by atoms with E-state index in [1.54, 1.807) is 0 Å². The van der Waals surface area contributed by atoms with Crippen LogP contribution in [0.25, 0.3) is 10.6 Å². The lowest BCUT2D eigenvalue weighted by atomic mass is 10.1. The minimum Gasteiger partial charge on any atom is -0.354 e. The maximum atomic E-state index is 14.4. The quantitative estimate of drug-likeness (QED) is 0.675. The molecule has 0 spiro atoms. The van der Waals surface area contributed by atoms with Gasteiger partial charge in [-0.3, -0.25) is 0 Å². The standard InChI is InChI=1S/C16H20F4N6O2S2/c1-25(2)15-24-13(16(18,19)20)12(29-15)11-10(17)8-21-14(23-11)22-9-4-6-26(7-5-9)30(3,27)28/h8-9H,4-7H2,1-3H3,(H,21,22,23). The van der Waals surface area contributed by atoms with Gasteiger partial charge in [-0.1, -0.05) is 11.3 Å². The van der Waals surface area contributed by atoms with E-state index in [-0.39, 0.29) is 17.1 Å². The molecule has 0 saturated carbocycles. The van der Waals surface area contributed by atoms with E-state index in [9.17, 15) is 26.0 Å². The van der Waals surface area contributed by atoms with Crippen LogP contribution < -0.4 is 10.2 Å². The van der Waals surface area contributed by atoms with Gasteiger partial charge in [0, 0.05) is 33.2 Å². The molecule has 8 nitrogen and oxygen atoms in total. The second-order valence-electron chi connectivity index (χ2n) is 7.04. The Hall–Kier alpha value is -2.06.